The Hall–Kier alpha value is -2.24. The zero-order valence-electron chi connectivity index (χ0n) is 11.6. The topological polar surface area (TPSA) is 67.9 Å². The first kappa shape index (κ1) is 14.2. The second-order valence-electron chi connectivity index (χ2n) is 4.53. The summed E-state index contributed by atoms with van der Waals surface area (Å²) in [6.07, 6.45) is 0.749. The van der Waals surface area contributed by atoms with Gasteiger partial charge in [0.15, 0.2) is 0 Å². The summed E-state index contributed by atoms with van der Waals surface area (Å²) in [7, 11) is 3.06. The molecule has 1 fully saturated rings. The zero-order valence-corrected chi connectivity index (χ0v) is 11.6. The highest BCUT2D eigenvalue weighted by molar-refractivity contribution is 5.97. The largest absolute Gasteiger partial charge is 0.497 e. The number of hydrogen-bond acceptors (Lipinski definition) is 4. The molecule has 1 aromatic rings. The lowest BCUT2D eigenvalue weighted by atomic mass is 10.1. The van der Waals surface area contributed by atoms with E-state index in [0.717, 1.165) is 6.42 Å². The molecule has 1 saturated heterocycles. The maximum Gasteiger partial charge on any atom is 0.254 e. The van der Waals surface area contributed by atoms with Crippen molar-refractivity contribution in [2.45, 2.75) is 6.42 Å². The molecule has 1 heterocycles. The van der Waals surface area contributed by atoms with Gasteiger partial charge >= 0.3 is 0 Å². The highest BCUT2D eigenvalue weighted by atomic mass is 16.5. The Balaban J connectivity index is 2.25. The fraction of sp³-hybridized carbons (Fsp3) is 0.429. The number of benzene rings is 1. The monoisotopic (exact) mass is 278 g/mol. The number of methoxy groups -OCH3 is 2. The summed E-state index contributed by atoms with van der Waals surface area (Å²) < 4.78 is 10.3. The van der Waals surface area contributed by atoms with Gasteiger partial charge < -0.3 is 19.7 Å². The fourth-order valence-electron chi connectivity index (χ4n) is 2.09. The first-order valence-corrected chi connectivity index (χ1v) is 6.43. The average molecular weight is 278 g/mol. The quantitative estimate of drug-likeness (QED) is 0.882. The second kappa shape index (κ2) is 6.27. The molecule has 0 bridgehead atoms. The summed E-state index contributed by atoms with van der Waals surface area (Å²) in [5.41, 5.74) is 0.455. The van der Waals surface area contributed by atoms with Gasteiger partial charge in [0.2, 0.25) is 5.91 Å². The lowest BCUT2D eigenvalue weighted by molar-refractivity contribution is -0.121. The third-order valence-corrected chi connectivity index (χ3v) is 3.15. The van der Waals surface area contributed by atoms with Crippen molar-refractivity contribution in [3.8, 4) is 11.5 Å². The molecule has 6 nitrogen and oxygen atoms in total. The van der Waals surface area contributed by atoms with Gasteiger partial charge in [-0.3, -0.25) is 9.59 Å². The van der Waals surface area contributed by atoms with Gasteiger partial charge in [0.1, 0.15) is 11.5 Å². The van der Waals surface area contributed by atoms with Crippen molar-refractivity contribution >= 4 is 11.8 Å². The first-order valence-electron chi connectivity index (χ1n) is 6.43. The minimum atomic E-state index is -0.195. The highest BCUT2D eigenvalue weighted by Gasteiger charge is 2.21. The van der Waals surface area contributed by atoms with E-state index in [4.69, 9.17) is 9.47 Å². The number of hydrogen-bond donors (Lipinski definition) is 1. The summed E-state index contributed by atoms with van der Waals surface area (Å²) >= 11 is 0. The maximum atomic E-state index is 12.5. The lowest BCUT2D eigenvalue weighted by Gasteiger charge is -2.19. The minimum absolute atomic E-state index is 0.0817. The van der Waals surface area contributed by atoms with Crippen molar-refractivity contribution in [3.63, 3.8) is 0 Å². The predicted octanol–water partition coefficient (Wildman–Crippen LogP) is 0.666. The molecule has 1 N–H and O–H groups in total. The molecular weight excluding hydrogens is 260 g/mol. The van der Waals surface area contributed by atoms with E-state index in [1.54, 1.807) is 18.2 Å². The number of nitrogens with one attached hydrogen (secondary N) is 1. The molecule has 6 heteroatoms. The van der Waals surface area contributed by atoms with Crippen molar-refractivity contribution in [3.05, 3.63) is 23.8 Å². The van der Waals surface area contributed by atoms with Gasteiger partial charge in [-0.15, -0.1) is 0 Å². The Bertz CT molecular complexity index is 494. The minimum Gasteiger partial charge on any atom is -0.497 e. The summed E-state index contributed by atoms with van der Waals surface area (Å²) in [4.78, 5) is 25.5. The Morgan fingerprint density at radius 3 is 2.45 bits per heavy atom. The summed E-state index contributed by atoms with van der Waals surface area (Å²) in [5, 5.41) is 2.74. The smallest absolute Gasteiger partial charge is 0.254 e. The van der Waals surface area contributed by atoms with Crippen LogP contribution in [0, 0.1) is 0 Å². The molecule has 0 radical (unpaired) electrons. The van der Waals surface area contributed by atoms with Gasteiger partial charge in [0, 0.05) is 24.7 Å². The fourth-order valence-corrected chi connectivity index (χ4v) is 2.09. The van der Waals surface area contributed by atoms with Crippen LogP contribution in [0.3, 0.4) is 0 Å². The van der Waals surface area contributed by atoms with Crippen LogP contribution in [0.2, 0.25) is 0 Å². The molecule has 1 aliphatic rings. The lowest BCUT2D eigenvalue weighted by Crippen LogP contribution is -2.37. The van der Waals surface area contributed by atoms with Crippen LogP contribution in [0.5, 0.6) is 11.5 Å². The molecule has 2 rings (SSSR count). The van der Waals surface area contributed by atoms with Gasteiger partial charge in [-0.25, -0.2) is 0 Å². The van der Waals surface area contributed by atoms with Crippen molar-refractivity contribution < 1.29 is 19.1 Å². The van der Waals surface area contributed by atoms with Gasteiger partial charge in [0.05, 0.1) is 20.8 Å². The van der Waals surface area contributed by atoms with E-state index in [9.17, 15) is 9.59 Å². The molecular formula is C14H18N2O4. The molecule has 0 spiro atoms. The second-order valence-corrected chi connectivity index (χ2v) is 4.53. The summed E-state index contributed by atoms with van der Waals surface area (Å²) in [6, 6.07) is 4.99. The van der Waals surface area contributed by atoms with Crippen LogP contribution in [-0.2, 0) is 4.79 Å². The van der Waals surface area contributed by atoms with Crippen LogP contribution in [0.4, 0.5) is 0 Å². The van der Waals surface area contributed by atoms with Gasteiger partial charge in [-0.2, -0.15) is 0 Å². The number of rotatable bonds is 3. The molecule has 0 aromatic heterocycles. The van der Waals surface area contributed by atoms with E-state index in [0.29, 0.717) is 30.2 Å². The third-order valence-electron chi connectivity index (χ3n) is 3.15. The van der Waals surface area contributed by atoms with Crippen molar-refractivity contribution in [1.29, 1.82) is 0 Å². The van der Waals surface area contributed by atoms with Gasteiger partial charge in [-0.1, -0.05) is 0 Å². The number of ether oxygens (including phenoxy) is 2. The summed E-state index contributed by atoms with van der Waals surface area (Å²) in [5.74, 6) is 0.768. The van der Waals surface area contributed by atoms with Crippen LogP contribution in [0.15, 0.2) is 18.2 Å². The van der Waals surface area contributed by atoms with E-state index in [-0.39, 0.29) is 18.4 Å². The predicted molar refractivity (Wildman–Crippen MR) is 73.1 cm³/mol. The van der Waals surface area contributed by atoms with Crippen LogP contribution in [0.25, 0.3) is 0 Å². The van der Waals surface area contributed by atoms with Crippen molar-refractivity contribution in [2.75, 3.05) is 33.9 Å². The Labute approximate surface area is 117 Å². The van der Waals surface area contributed by atoms with E-state index >= 15 is 0 Å². The third kappa shape index (κ3) is 3.20. The van der Waals surface area contributed by atoms with Gasteiger partial charge in [-0.05, 0) is 18.6 Å². The standard InChI is InChI=1S/C14H18N2O4/c1-19-11-6-10(7-12(8-11)20-2)14(18)16-5-3-4-15-13(17)9-16/h6-8H,3-5,9H2,1-2H3,(H,15,17). The molecule has 20 heavy (non-hydrogen) atoms. The number of nitrogens with zero attached hydrogens (tertiary/aromatic N) is 1. The molecule has 0 aliphatic carbocycles. The van der Waals surface area contributed by atoms with E-state index in [1.807, 2.05) is 0 Å². The van der Waals surface area contributed by atoms with Crippen LogP contribution >= 0.6 is 0 Å². The first-order chi connectivity index (χ1) is 9.63. The number of carbonyl (C=O) groups excluding carboxylic acids is 2. The van der Waals surface area contributed by atoms with Crippen LogP contribution in [0.1, 0.15) is 16.8 Å². The molecule has 1 aromatic carbocycles. The van der Waals surface area contributed by atoms with E-state index in [1.165, 1.54) is 19.1 Å². The Morgan fingerprint density at radius 1 is 1.20 bits per heavy atom. The Kier molecular flexibility index (Phi) is 4.45. The number of carbonyl (C=O) groups is 2. The molecule has 0 unspecified atom stereocenters. The van der Waals surface area contributed by atoms with Crippen molar-refractivity contribution in [2.24, 2.45) is 0 Å². The molecule has 0 saturated carbocycles. The van der Waals surface area contributed by atoms with Crippen LogP contribution in [-0.4, -0.2) is 50.6 Å². The average Bonchev–Trinajstić information content (AvgIpc) is 2.70. The molecule has 2 amide bonds. The van der Waals surface area contributed by atoms with Crippen LogP contribution < -0.4 is 14.8 Å². The summed E-state index contributed by atoms with van der Waals surface area (Å²) in [6.45, 7) is 1.24. The maximum absolute atomic E-state index is 12.5. The van der Waals surface area contributed by atoms with E-state index in [2.05, 4.69) is 5.32 Å². The molecule has 108 valence electrons. The molecule has 1 aliphatic heterocycles. The highest BCUT2D eigenvalue weighted by Crippen LogP contribution is 2.23. The number of amides is 2. The molecule has 0 atom stereocenters. The van der Waals surface area contributed by atoms with E-state index < -0.39 is 0 Å². The zero-order chi connectivity index (χ0) is 14.5. The Morgan fingerprint density at radius 2 is 1.85 bits per heavy atom. The SMILES string of the molecule is COc1cc(OC)cc(C(=O)N2CCCNC(=O)C2)c1. The van der Waals surface area contributed by atoms with Gasteiger partial charge in [0.25, 0.3) is 5.91 Å². The van der Waals surface area contributed by atoms with Crippen molar-refractivity contribution in [1.82, 2.24) is 10.2 Å². The normalized spacial score (nSPS) is 15.3.